The molecule has 0 aliphatic carbocycles. The molecule has 0 unspecified atom stereocenters. The quantitative estimate of drug-likeness (QED) is 0.0375. The zero-order valence-corrected chi connectivity index (χ0v) is 41.4. The molecule has 4 aromatic carbocycles. The highest BCUT2D eigenvalue weighted by Gasteiger charge is 2.44. The third-order valence-electron chi connectivity index (χ3n) is 11.7. The second-order valence-corrected chi connectivity index (χ2v) is 19.6. The summed E-state index contributed by atoms with van der Waals surface area (Å²) in [5.74, 6) is -2.24. The van der Waals surface area contributed by atoms with Gasteiger partial charge in [-0.05, 0) is 91.4 Å². The normalized spacial score (nSPS) is 15.3. The van der Waals surface area contributed by atoms with E-state index < -0.39 is 75.9 Å². The molecule has 1 fully saturated rings. The number of hydrogen-bond acceptors (Lipinski definition) is 12. The van der Waals surface area contributed by atoms with Crippen molar-refractivity contribution in [3.05, 3.63) is 119 Å². The maximum atomic E-state index is 15.4. The van der Waals surface area contributed by atoms with Gasteiger partial charge in [-0.25, -0.2) is 9.37 Å². The Labute approximate surface area is 418 Å². The second-order valence-electron chi connectivity index (χ2n) is 18.8. The fourth-order valence-electron chi connectivity index (χ4n) is 7.80. The zero-order chi connectivity index (χ0) is 52.4. The zero-order valence-electron chi connectivity index (χ0n) is 40.6. The number of amides is 4. The Hall–Kier alpha value is -6.92. The molecule has 0 radical (unpaired) electrons. The van der Waals surface area contributed by atoms with Gasteiger partial charge < -0.3 is 45.5 Å². The molecule has 0 saturated carbocycles. The van der Waals surface area contributed by atoms with Gasteiger partial charge in [0.15, 0.2) is 0 Å². The summed E-state index contributed by atoms with van der Waals surface area (Å²) in [6.45, 7) is 10.7. The molecule has 1 saturated heterocycles. The Morgan fingerprint density at radius 3 is 2.19 bits per heavy atom. The van der Waals surface area contributed by atoms with E-state index in [9.17, 15) is 37.5 Å². The highest BCUT2D eigenvalue weighted by molar-refractivity contribution is 7.13. The number of carbonyl (C=O) groups excluding carboxylic acids is 4. The summed E-state index contributed by atoms with van der Waals surface area (Å²) in [4.78, 5) is 60.1. The number of carbonyl (C=O) groups is 4. The molecule has 1 aliphatic heterocycles. The number of nitrogens with zero attached hydrogens (tertiary/aromatic N) is 3. The van der Waals surface area contributed by atoms with Crippen LogP contribution < -0.4 is 26.0 Å². The molecule has 0 spiro atoms. The Kier molecular flexibility index (Phi) is 17.8. The molecule has 1 aromatic heterocycles. The van der Waals surface area contributed by atoms with E-state index in [4.69, 9.17) is 19.5 Å². The molecule has 2 heterocycles. The van der Waals surface area contributed by atoms with E-state index in [0.717, 1.165) is 27.8 Å². The van der Waals surface area contributed by atoms with E-state index in [1.54, 1.807) is 68.0 Å². The van der Waals surface area contributed by atoms with Crippen LogP contribution in [0.15, 0.2) is 90.4 Å². The van der Waals surface area contributed by atoms with Crippen molar-refractivity contribution in [3.8, 4) is 33.4 Å². The Morgan fingerprint density at radius 1 is 0.889 bits per heavy atom. The van der Waals surface area contributed by atoms with Crippen molar-refractivity contribution in [1.82, 2.24) is 20.5 Å². The summed E-state index contributed by atoms with van der Waals surface area (Å²) in [6, 6.07) is 21.1. The van der Waals surface area contributed by atoms with Crippen molar-refractivity contribution < 1.29 is 56.1 Å². The summed E-state index contributed by atoms with van der Waals surface area (Å²) in [5, 5.41) is 30.6. The highest BCUT2D eigenvalue weighted by Crippen LogP contribution is 2.35. The number of aliphatic hydroxyl groups is 1. The maximum Gasteiger partial charge on any atom is 0.417 e. The van der Waals surface area contributed by atoms with Crippen molar-refractivity contribution >= 4 is 46.3 Å². The molecule has 3 atom stereocenters. The Morgan fingerprint density at radius 2 is 1.56 bits per heavy atom. The summed E-state index contributed by atoms with van der Waals surface area (Å²) in [6.07, 6.45) is -5.65. The number of hydrogen-bond donors (Lipinski definition) is 5. The monoisotopic (exact) mass is 1020 g/mol. The first-order valence-electron chi connectivity index (χ1n) is 23.0. The standard InChI is InChI=1S/C52H57F4N7O8S/c1-31-45(72-30-59-31)34-9-7-32(8-10-34)27-58-47(66)43-25-38(64)28-63(43)48(67)46(50(2,3)4)61-44(65)29-70-20-19-69-21-22-71-39-16-12-33(13-17-39)40-18-15-37(24-42(40)53)62-51(5,6)49(68)60-36-14-11-35(26-57)41(23-36)52(54,55)56/h7-18,23-24,30,38,43,46,62,64H,19-22,25,27-29H2,1-6H3,(H,58,66)(H,60,68)(H,61,65)/t38-,43+,46-/m1/s1. The van der Waals surface area contributed by atoms with Crippen LogP contribution in [-0.2, 0) is 41.4 Å². The number of β-amino-alcohol motifs (C(OH)–C–C–N with tert-alkyl or cyclic N) is 1. The molecule has 15 nitrogen and oxygen atoms in total. The first kappa shape index (κ1) is 54.4. The largest absolute Gasteiger partial charge is 0.491 e. The number of aliphatic hydroxyl groups excluding tert-OH is 1. The number of nitrogens with one attached hydrogen (secondary N) is 4. The van der Waals surface area contributed by atoms with E-state index in [-0.39, 0.29) is 69.5 Å². The average Bonchev–Trinajstić information content (AvgIpc) is 3.95. The van der Waals surface area contributed by atoms with Gasteiger partial charge in [-0.15, -0.1) is 11.3 Å². The van der Waals surface area contributed by atoms with Crippen LogP contribution in [0.5, 0.6) is 5.75 Å². The number of aromatic nitrogens is 1. The number of aryl methyl sites for hydroxylation is 1. The van der Waals surface area contributed by atoms with Crippen LogP contribution >= 0.6 is 11.3 Å². The summed E-state index contributed by atoms with van der Waals surface area (Å²) in [5.41, 5.74) is 1.63. The maximum absolute atomic E-state index is 15.4. The molecule has 4 amide bonds. The Bertz CT molecular complexity index is 2760. The van der Waals surface area contributed by atoms with E-state index in [1.807, 2.05) is 31.2 Å². The Balaban J connectivity index is 0.892. The molecule has 382 valence electrons. The molecular formula is C52H57F4N7O8S. The molecule has 20 heteroatoms. The van der Waals surface area contributed by atoms with E-state index >= 15 is 4.39 Å². The van der Waals surface area contributed by atoms with Crippen molar-refractivity contribution in [2.75, 3.05) is 50.2 Å². The first-order valence-corrected chi connectivity index (χ1v) is 23.9. The third kappa shape index (κ3) is 14.4. The van der Waals surface area contributed by atoms with Crippen molar-refractivity contribution in [1.29, 1.82) is 5.26 Å². The summed E-state index contributed by atoms with van der Waals surface area (Å²) >= 11 is 1.55. The van der Waals surface area contributed by atoms with Gasteiger partial charge in [-0.3, -0.25) is 19.2 Å². The SMILES string of the molecule is Cc1ncsc1-c1ccc(CNC(=O)[C@@H]2C[C@@H](O)CN2C(=O)[C@@H](NC(=O)COCCOCCOc2ccc(-c3ccc(NC(C)(C)C(=O)Nc4ccc(C#N)c(C(F)(F)F)c4)cc3F)cc2)C(C)(C)C)cc1. The number of rotatable bonds is 20. The third-order valence-corrected chi connectivity index (χ3v) is 12.7. The van der Waals surface area contributed by atoms with Gasteiger partial charge in [0, 0.05) is 36.4 Å². The van der Waals surface area contributed by atoms with E-state index in [0.29, 0.717) is 17.4 Å². The lowest BCUT2D eigenvalue weighted by Crippen LogP contribution is -2.58. The molecule has 1 aliphatic rings. The van der Waals surface area contributed by atoms with Crippen LogP contribution in [0.4, 0.5) is 28.9 Å². The van der Waals surface area contributed by atoms with Crippen LogP contribution in [0.3, 0.4) is 0 Å². The van der Waals surface area contributed by atoms with Gasteiger partial charge in [0.1, 0.15) is 42.4 Å². The lowest BCUT2D eigenvalue weighted by molar-refractivity contribution is -0.144. The lowest BCUT2D eigenvalue weighted by atomic mass is 9.85. The van der Waals surface area contributed by atoms with Crippen LogP contribution in [-0.4, -0.2) is 102 Å². The van der Waals surface area contributed by atoms with Gasteiger partial charge in [-0.1, -0.05) is 57.2 Å². The minimum atomic E-state index is -4.80. The van der Waals surface area contributed by atoms with Gasteiger partial charge in [0.2, 0.25) is 23.6 Å². The molecule has 6 rings (SSSR count). The minimum Gasteiger partial charge on any atom is -0.491 e. The summed E-state index contributed by atoms with van der Waals surface area (Å²) < 4.78 is 72.5. The highest BCUT2D eigenvalue weighted by atomic mass is 32.1. The number of likely N-dealkylation sites (tertiary alicyclic amines) is 1. The fourth-order valence-corrected chi connectivity index (χ4v) is 8.61. The number of halogens is 4. The molecule has 5 N–H and O–H groups in total. The molecule has 0 bridgehead atoms. The summed E-state index contributed by atoms with van der Waals surface area (Å²) in [7, 11) is 0. The van der Waals surface area contributed by atoms with Crippen LogP contribution in [0.25, 0.3) is 21.6 Å². The van der Waals surface area contributed by atoms with Crippen molar-refractivity contribution in [2.24, 2.45) is 5.41 Å². The van der Waals surface area contributed by atoms with Gasteiger partial charge >= 0.3 is 6.18 Å². The number of alkyl halides is 3. The number of thiazole rings is 1. The van der Waals surface area contributed by atoms with Crippen LogP contribution in [0.1, 0.15) is 63.4 Å². The number of nitriles is 1. The number of ether oxygens (including phenoxy) is 3. The predicted molar refractivity (Wildman–Crippen MR) is 263 cm³/mol. The first-order chi connectivity index (χ1) is 34.0. The lowest BCUT2D eigenvalue weighted by Gasteiger charge is -2.35. The fraction of sp³-hybridized carbons (Fsp3) is 0.385. The smallest absolute Gasteiger partial charge is 0.417 e. The molecule has 5 aromatic rings. The van der Waals surface area contributed by atoms with Crippen LogP contribution in [0, 0.1) is 29.5 Å². The van der Waals surface area contributed by atoms with E-state index in [1.165, 1.54) is 43.0 Å². The minimum absolute atomic E-state index is 0.0553. The van der Waals surface area contributed by atoms with Gasteiger partial charge in [0.05, 0.1) is 59.2 Å². The van der Waals surface area contributed by atoms with E-state index in [2.05, 4.69) is 26.3 Å². The number of benzene rings is 4. The predicted octanol–water partition coefficient (Wildman–Crippen LogP) is 7.87. The van der Waals surface area contributed by atoms with Crippen molar-refractivity contribution in [2.45, 2.75) is 84.4 Å². The van der Waals surface area contributed by atoms with Crippen molar-refractivity contribution in [3.63, 3.8) is 0 Å². The average molecular weight is 1020 g/mol. The van der Waals surface area contributed by atoms with Crippen LogP contribution in [0.2, 0.25) is 0 Å². The molecule has 72 heavy (non-hydrogen) atoms. The number of anilines is 2. The second kappa shape index (κ2) is 23.5. The van der Waals surface area contributed by atoms with Gasteiger partial charge in [-0.2, -0.15) is 18.4 Å². The molecular weight excluding hydrogens is 959 g/mol. The topological polar surface area (TPSA) is 204 Å². The van der Waals surface area contributed by atoms with Gasteiger partial charge in [0.25, 0.3) is 0 Å².